The number of methoxy groups -OCH3 is 1. The fourth-order valence-corrected chi connectivity index (χ4v) is 6.23. The van der Waals surface area contributed by atoms with Gasteiger partial charge in [0.15, 0.2) is 0 Å². The van der Waals surface area contributed by atoms with Crippen molar-refractivity contribution >= 4 is 27.3 Å². The van der Waals surface area contributed by atoms with E-state index in [1.165, 1.54) is 13.2 Å². The summed E-state index contributed by atoms with van der Waals surface area (Å²) in [7, 11) is -0.789. The summed E-state index contributed by atoms with van der Waals surface area (Å²) in [5.74, 6) is -0.281. The molecule has 34 heavy (non-hydrogen) atoms. The normalized spacial score (nSPS) is 19.9. The molecule has 1 aliphatic carbocycles. The van der Waals surface area contributed by atoms with Gasteiger partial charge in [-0.05, 0) is 62.6 Å². The molecule has 2 heterocycles. The van der Waals surface area contributed by atoms with Gasteiger partial charge < -0.3 is 19.7 Å². The van der Waals surface area contributed by atoms with E-state index >= 15 is 0 Å². The highest BCUT2D eigenvalue weighted by Gasteiger charge is 2.52. The number of halogens is 1. The lowest BCUT2D eigenvalue weighted by molar-refractivity contribution is -0.123. The van der Waals surface area contributed by atoms with E-state index in [-0.39, 0.29) is 28.3 Å². The Labute approximate surface area is 198 Å². The maximum Gasteiger partial charge on any atom is 0.265 e. The van der Waals surface area contributed by atoms with Crippen LogP contribution in [-0.4, -0.2) is 52.6 Å². The second-order valence-electron chi connectivity index (χ2n) is 9.31. The molecule has 10 heteroatoms. The molecule has 2 fully saturated rings. The lowest BCUT2D eigenvalue weighted by Gasteiger charge is -2.36. The third-order valence-corrected chi connectivity index (χ3v) is 8.53. The molecule has 0 aromatic heterocycles. The van der Waals surface area contributed by atoms with Crippen molar-refractivity contribution in [2.24, 2.45) is 0 Å². The number of amides is 1. The molecule has 0 unspecified atom stereocenters. The standard InChI is InChI=1S/C24H28FN3O5S/c1-28-10-6-17(7-11-28)33-20-14-16(13-18-22(20)26-23(29)24(18)8-3-9-24)27-34(30,31)21-12-15(25)4-5-19(21)32-2/h4-5,12-14,17,27H,3,6-11H2,1-2H3,(H,26,29). The van der Waals surface area contributed by atoms with Crippen LogP contribution in [0, 0.1) is 5.82 Å². The average Bonchev–Trinajstić information content (AvgIpc) is 3.07. The minimum absolute atomic E-state index is 0.0326. The number of nitrogens with zero attached hydrogens (tertiary/aromatic N) is 1. The monoisotopic (exact) mass is 489 g/mol. The van der Waals surface area contributed by atoms with E-state index in [0.29, 0.717) is 24.3 Å². The van der Waals surface area contributed by atoms with Crippen molar-refractivity contribution in [3.8, 4) is 11.5 Å². The van der Waals surface area contributed by atoms with Crippen molar-refractivity contribution < 1.29 is 27.1 Å². The Morgan fingerprint density at radius 1 is 1.15 bits per heavy atom. The molecule has 0 atom stereocenters. The predicted octanol–water partition coefficient (Wildman–Crippen LogP) is 3.48. The third-order valence-electron chi connectivity index (χ3n) is 7.12. The van der Waals surface area contributed by atoms with E-state index in [1.807, 2.05) is 0 Å². The van der Waals surface area contributed by atoms with Crippen LogP contribution in [0.25, 0.3) is 0 Å². The van der Waals surface area contributed by atoms with Crippen molar-refractivity contribution in [2.75, 3.05) is 37.3 Å². The summed E-state index contributed by atoms with van der Waals surface area (Å²) < 4.78 is 54.3. The number of anilines is 2. The van der Waals surface area contributed by atoms with E-state index in [4.69, 9.17) is 9.47 Å². The summed E-state index contributed by atoms with van der Waals surface area (Å²) in [5, 5.41) is 2.98. The first-order valence-electron chi connectivity index (χ1n) is 11.4. The molecular weight excluding hydrogens is 461 g/mol. The first kappa shape index (κ1) is 22.9. The Hall–Kier alpha value is -2.85. The molecular formula is C24H28FN3O5S. The van der Waals surface area contributed by atoms with Crippen LogP contribution in [0.4, 0.5) is 15.8 Å². The molecule has 2 aliphatic heterocycles. The second kappa shape index (κ2) is 8.42. The predicted molar refractivity (Wildman–Crippen MR) is 126 cm³/mol. The Bertz CT molecular complexity index is 1240. The summed E-state index contributed by atoms with van der Waals surface area (Å²) in [5.41, 5.74) is 0.974. The van der Waals surface area contributed by atoms with Gasteiger partial charge in [-0.3, -0.25) is 9.52 Å². The van der Waals surface area contributed by atoms with Gasteiger partial charge in [0.05, 0.1) is 23.9 Å². The van der Waals surface area contributed by atoms with Crippen molar-refractivity contribution in [1.82, 2.24) is 4.90 Å². The zero-order valence-corrected chi connectivity index (χ0v) is 20.0. The molecule has 3 aliphatic rings. The van der Waals surface area contributed by atoms with Crippen LogP contribution in [0.5, 0.6) is 11.5 Å². The maximum absolute atomic E-state index is 13.9. The molecule has 1 amide bonds. The molecule has 1 spiro atoms. The Morgan fingerprint density at radius 2 is 1.88 bits per heavy atom. The number of hydrogen-bond donors (Lipinski definition) is 2. The van der Waals surface area contributed by atoms with Crippen LogP contribution >= 0.6 is 0 Å². The fourth-order valence-electron chi connectivity index (χ4n) is 5.01. The first-order chi connectivity index (χ1) is 16.2. The highest BCUT2D eigenvalue weighted by atomic mass is 32.2. The molecule has 8 nitrogen and oxygen atoms in total. The highest BCUT2D eigenvalue weighted by Crippen LogP contribution is 2.54. The molecule has 2 aromatic rings. The van der Waals surface area contributed by atoms with Crippen molar-refractivity contribution in [2.45, 2.75) is 48.5 Å². The maximum atomic E-state index is 13.9. The molecule has 0 radical (unpaired) electrons. The minimum Gasteiger partial charge on any atom is -0.495 e. The SMILES string of the molecule is COc1ccc(F)cc1S(=O)(=O)Nc1cc(OC2CCN(C)CC2)c2c(c1)C1(CCC1)C(=O)N2. The van der Waals surface area contributed by atoms with Gasteiger partial charge in [0, 0.05) is 19.2 Å². The number of carbonyl (C=O) groups excluding carboxylic acids is 1. The Kier molecular flexibility index (Phi) is 5.68. The van der Waals surface area contributed by atoms with E-state index in [1.54, 1.807) is 12.1 Å². The highest BCUT2D eigenvalue weighted by molar-refractivity contribution is 7.92. The number of piperidine rings is 1. The summed E-state index contributed by atoms with van der Waals surface area (Å²) >= 11 is 0. The number of ether oxygens (including phenoxy) is 2. The van der Waals surface area contributed by atoms with Gasteiger partial charge in [-0.25, -0.2) is 12.8 Å². The van der Waals surface area contributed by atoms with Crippen LogP contribution in [-0.2, 0) is 20.2 Å². The van der Waals surface area contributed by atoms with E-state index in [0.717, 1.165) is 50.0 Å². The number of fused-ring (bicyclic) bond motifs is 2. The van der Waals surface area contributed by atoms with E-state index in [2.05, 4.69) is 22.0 Å². The van der Waals surface area contributed by atoms with Crippen molar-refractivity contribution in [3.05, 3.63) is 41.7 Å². The van der Waals surface area contributed by atoms with E-state index < -0.39 is 21.3 Å². The van der Waals surface area contributed by atoms with Crippen molar-refractivity contribution in [3.63, 3.8) is 0 Å². The second-order valence-corrected chi connectivity index (χ2v) is 11.0. The van der Waals surface area contributed by atoms with Crippen LogP contribution in [0.2, 0.25) is 0 Å². The number of sulfonamides is 1. The smallest absolute Gasteiger partial charge is 0.265 e. The van der Waals surface area contributed by atoms with E-state index in [9.17, 15) is 17.6 Å². The number of benzene rings is 2. The Balaban J connectivity index is 1.53. The van der Waals surface area contributed by atoms with Gasteiger partial charge in [0.2, 0.25) is 5.91 Å². The van der Waals surface area contributed by atoms with Gasteiger partial charge >= 0.3 is 0 Å². The van der Waals surface area contributed by atoms with Crippen LogP contribution in [0.1, 0.15) is 37.7 Å². The van der Waals surface area contributed by atoms with Gasteiger partial charge in [0.1, 0.15) is 28.3 Å². The molecule has 0 bridgehead atoms. The van der Waals surface area contributed by atoms with Crippen LogP contribution < -0.4 is 19.5 Å². The number of rotatable bonds is 6. The van der Waals surface area contributed by atoms with Gasteiger partial charge in [0.25, 0.3) is 10.0 Å². The summed E-state index contributed by atoms with van der Waals surface area (Å²) in [6.45, 7) is 1.80. The third kappa shape index (κ3) is 3.88. The van der Waals surface area contributed by atoms with Gasteiger partial charge in [-0.2, -0.15) is 0 Å². The zero-order valence-electron chi connectivity index (χ0n) is 19.2. The molecule has 2 aromatic carbocycles. The van der Waals surface area contributed by atoms with Crippen LogP contribution in [0.3, 0.4) is 0 Å². The molecule has 2 N–H and O–H groups in total. The molecule has 5 rings (SSSR count). The summed E-state index contributed by atoms with van der Waals surface area (Å²) in [6.07, 6.45) is 3.96. The average molecular weight is 490 g/mol. The number of nitrogens with one attached hydrogen (secondary N) is 2. The molecule has 182 valence electrons. The van der Waals surface area contributed by atoms with Gasteiger partial charge in [-0.1, -0.05) is 6.42 Å². The minimum atomic E-state index is -4.18. The summed E-state index contributed by atoms with van der Waals surface area (Å²) in [6, 6.07) is 6.62. The quantitative estimate of drug-likeness (QED) is 0.645. The number of likely N-dealkylation sites (tertiary alicyclic amines) is 1. The zero-order chi connectivity index (χ0) is 24.1. The molecule has 1 saturated heterocycles. The van der Waals surface area contributed by atoms with Gasteiger partial charge in [-0.15, -0.1) is 0 Å². The Morgan fingerprint density at radius 3 is 2.53 bits per heavy atom. The summed E-state index contributed by atoms with van der Waals surface area (Å²) in [4.78, 5) is 14.8. The first-order valence-corrected chi connectivity index (χ1v) is 12.9. The molecule has 1 saturated carbocycles. The lowest BCUT2D eigenvalue weighted by Crippen LogP contribution is -2.40. The number of hydrogen-bond acceptors (Lipinski definition) is 6. The van der Waals surface area contributed by atoms with Crippen LogP contribution in [0.15, 0.2) is 35.2 Å². The fraction of sp³-hybridized carbons (Fsp3) is 0.458. The number of carbonyl (C=O) groups is 1. The largest absolute Gasteiger partial charge is 0.495 e. The lowest BCUT2D eigenvalue weighted by atomic mass is 9.65. The topological polar surface area (TPSA) is 97.0 Å². The van der Waals surface area contributed by atoms with Crippen molar-refractivity contribution in [1.29, 1.82) is 0 Å².